The fraction of sp³-hybridized carbons (Fsp3) is 0.273. The van der Waals surface area contributed by atoms with Gasteiger partial charge in [0.05, 0.1) is 6.10 Å². The van der Waals surface area contributed by atoms with E-state index < -0.39 is 0 Å². The Balaban J connectivity index is 1.33. The highest BCUT2D eigenvalue weighted by Crippen LogP contribution is 2.21. The average Bonchev–Trinajstić information content (AvgIpc) is 3.23. The minimum Gasteiger partial charge on any atom is -0.444 e. The lowest BCUT2D eigenvalue weighted by Gasteiger charge is -2.31. The van der Waals surface area contributed by atoms with E-state index in [-0.39, 0.29) is 24.4 Å². The van der Waals surface area contributed by atoms with Crippen molar-refractivity contribution < 1.29 is 18.8 Å². The Bertz CT molecular complexity index is 1010. The molecule has 2 aromatic carbocycles. The van der Waals surface area contributed by atoms with E-state index in [4.69, 9.17) is 15.0 Å². The molecule has 4 rings (SSSR count). The first-order valence-electron chi connectivity index (χ1n) is 9.78. The zero-order chi connectivity index (χ0) is 20.9. The van der Waals surface area contributed by atoms with Gasteiger partial charge in [-0.05, 0) is 55.3 Å². The molecule has 8 heteroatoms. The fourth-order valence-corrected chi connectivity index (χ4v) is 3.32. The first-order valence-corrected chi connectivity index (χ1v) is 9.78. The van der Waals surface area contributed by atoms with E-state index in [0.717, 1.165) is 37.2 Å². The smallest absolute Gasteiger partial charge is 0.226 e. The number of nitrogens with zero attached hydrogens (tertiary/aromatic N) is 3. The van der Waals surface area contributed by atoms with E-state index >= 15 is 0 Å². The molecule has 2 heterocycles. The molecule has 3 aromatic rings. The third-order valence-corrected chi connectivity index (χ3v) is 4.99. The summed E-state index contributed by atoms with van der Waals surface area (Å²) in [4.78, 5) is 11.8. The lowest BCUT2D eigenvalue weighted by Crippen LogP contribution is -2.35. The molecule has 0 amide bonds. The van der Waals surface area contributed by atoms with Crippen LogP contribution in [0.25, 0.3) is 11.5 Å². The van der Waals surface area contributed by atoms with Gasteiger partial charge in [0.25, 0.3) is 0 Å². The Hall–Kier alpha value is -3.39. The van der Waals surface area contributed by atoms with E-state index in [9.17, 15) is 9.50 Å². The van der Waals surface area contributed by atoms with Crippen LogP contribution in [0.5, 0.6) is 0 Å². The normalized spacial score (nSPS) is 15.4. The van der Waals surface area contributed by atoms with Gasteiger partial charge >= 0.3 is 0 Å². The molecule has 1 saturated heterocycles. The van der Waals surface area contributed by atoms with Gasteiger partial charge in [0.1, 0.15) is 17.8 Å². The second kappa shape index (κ2) is 8.96. The second-order valence-corrected chi connectivity index (χ2v) is 7.17. The summed E-state index contributed by atoms with van der Waals surface area (Å²) in [5, 5.41) is 13.6. The number of aliphatic hydroxyl groups is 1. The Morgan fingerprint density at radius 3 is 2.73 bits per heavy atom. The Morgan fingerprint density at radius 1 is 1.23 bits per heavy atom. The molecule has 1 aliphatic heterocycles. The molecule has 0 radical (unpaired) electrons. The number of hydrogen-bond donors (Lipinski definition) is 2. The molecule has 7 nitrogen and oxygen atoms in total. The van der Waals surface area contributed by atoms with Crippen LogP contribution in [0.1, 0.15) is 24.1 Å². The van der Waals surface area contributed by atoms with Gasteiger partial charge < -0.3 is 25.0 Å². The first-order chi connectivity index (χ1) is 14.6. The van der Waals surface area contributed by atoms with Crippen LogP contribution in [0.4, 0.5) is 10.1 Å². The topological polar surface area (TPSA) is 97.1 Å². The molecule has 0 atom stereocenters. The molecule has 0 saturated carbocycles. The predicted octanol–water partition coefficient (Wildman–Crippen LogP) is 3.28. The van der Waals surface area contributed by atoms with Gasteiger partial charge in [0.2, 0.25) is 5.89 Å². The Kier molecular flexibility index (Phi) is 5.94. The summed E-state index contributed by atoms with van der Waals surface area (Å²) in [5.41, 5.74) is 8.92. The number of aliphatic hydroxyl groups excluding tert-OH is 1. The van der Waals surface area contributed by atoms with Crippen molar-refractivity contribution in [3.05, 3.63) is 71.9 Å². The number of benzene rings is 2. The summed E-state index contributed by atoms with van der Waals surface area (Å²) in [5.74, 6) is 0.208. The third-order valence-electron chi connectivity index (χ3n) is 4.99. The van der Waals surface area contributed by atoms with E-state index in [2.05, 4.69) is 15.0 Å². The number of oxime groups is 1. The molecule has 0 spiro atoms. The highest BCUT2D eigenvalue weighted by Gasteiger charge is 2.17. The van der Waals surface area contributed by atoms with Gasteiger partial charge in [-0.15, -0.1) is 0 Å². The average molecular weight is 410 g/mol. The number of piperidine rings is 1. The van der Waals surface area contributed by atoms with Gasteiger partial charge in [0.15, 0.2) is 12.4 Å². The maximum absolute atomic E-state index is 13.3. The highest BCUT2D eigenvalue weighted by atomic mass is 19.1. The van der Waals surface area contributed by atoms with Crippen molar-refractivity contribution in [3.8, 4) is 11.5 Å². The number of nitrogens with two attached hydrogens (primary N) is 1. The monoisotopic (exact) mass is 410 g/mol. The number of hydrogen-bond acceptors (Lipinski definition) is 6. The number of halogens is 1. The van der Waals surface area contributed by atoms with Crippen LogP contribution in [-0.4, -0.2) is 35.1 Å². The van der Waals surface area contributed by atoms with Crippen LogP contribution in [0.15, 0.2) is 64.4 Å². The van der Waals surface area contributed by atoms with E-state index in [1.807, 2.05) is 24.3 Å². The van der Waals surface area contributed by atoms with Crippen molar-refractivity contribution in [2.75, 3.05) is 18.0 Å². The summed E-state index contributed by atoms with van der Waals surface area (Å²) in [7, 11) is 0. The summed E-state index contributed by atoms with van der Waals surface area (Å²) < 4.78 is 18.7. The van der Waals surface area contributed by atoms with E-state index in [1.54, 1.807) is 12.1 Å². The SMILES string of the molecule is N/C(=N\OCc1coc(-c2cccc(F)c2)n1)c1ccc(N2CCC(O)CC2)cc1. The number of amidine groups is 1. The van der Waals surface area contributed by atoms with Gasteiger partial charge in [-0.25, -0.2) is 9.37 Å². The van der Waals surface area contributed by atoms with Crippen molar-refractivity contribution in [2.45, 2.75) is 25.6 Å². The highest BCUT2D eigenvalue weighted by molar-refractivity contribution is 5.97. The zero-order valence-electron chi connectivity index (χ0n) is 16.4. The molecule has 0 unspecified atom stereocenters. The molecule has 0 bridgehead atoms. The maximum atomic E-state index is 13.3. The quantitative estimate of drug-likeness (QED) is 0.368. The molecule has 156 valence electrons. The van der Waals surface area contributed by atoms with Gasteiger partial charge in [-0.2, -0.15) is 0 Å². The Labute approximate surface area is 173 Å². The number of aromatic nitrogens is 1. The van der Waals surface area contributed by atoms with Crippen molar-refractivity contribution in [2.24, 2.45) is 10.9 Å². The summed E-state index contributed by atoms with van der Waals surface area (Å²) in [6, 6.07) is 13.8. The zero-order valence-corrected chi connectivity index (χ0v) is 16.4. The van der Waals surface area contributed by atoms with Gasteiger partial charge in [-0.1, -0.05) is 11.2 Å². The summed E-state index contributed by atoms with van der Waals surface area (Å²) in [6.45, 7) is 1.75. The lowest BCUT2D eigenvalue weighted by atomic mass is 10.1. The largest absolute Gasteiger partial charge is 0.444 e. The van der Waals surface area contributed by atoms with Crippen molar-refractivity contribution in [1.82, 2.24) is 4.98 Å². The first kappa shape index (κ1) is 19.9. The lowest BCUT2D eigenvalue weighted by molar-refractivity contribution is 0.127. The molecular formula is C22H23FN4O3. The van der Waals surface area contributed by atoms with E-state index in [1.165, 1.54) is 18.4 Å². The molecule has 30 heavy (non-hydrogen) atoms. The van der Waals surface area contributed by atoms with Crippen molar-refractivity contribution >= 4 is 11.5 Å². The predicted molar refractivity (Wildman–Crippen MR) is 111 cm³/mol. The maximum Gasteiger partial charge on any atom is 0.226 e. The number of rotatable bonds is 6. The van der Waals surface area contributed by atoms with Crippen LogP contribution in [0, 0.1) is 5.82 Å². The Morgan fingerprint density at radius 2 is 2.00 bits per heavy atom. The minimum atomic E-state index is -0.357. The van der Waals surface area contributed by atoms with E-state index in [0.29, 0.717) is 17.1 Å². The molecule has 1 aliphatic rings. The van der Waals surface area contributed by atoms with Crippen LogP contribution in [-0.2, 0) is 11.4 Å². The van der Waals surface area contributed by atoms with Gasteiger partial charge in [0, 0.05) is 29.9 Å². The number of anilines is 1. The van der Waals surface area contributed by atoms with Crippen LogP contribution < -0.4 is 10.6 Å². The second-order valence-electron chi connectivity index (χ2n) is 7.17. The third kappa shape index (κ3) is 4.77. The molecule has 1 aromatic heterocycles. The summed E-state index contributed by atoms with van der Waals surface area (Å²) >= 11 is 0. The minimum absolute atomic E-state index is 0.0771. The fourth-order valence-electron chi connectivity index (χ4n) is 3.32. The van der Waals surface area contributed by atoms with Crippen molar-refractivity contribution in [3.63, 3.8) is 0 Å². The van der Waals surface area contributed by atoms with Crippen molar-refractivity contribution in [1.29, 1.82) is 0 Å². The van der Waals surface area contributed by atoms with Crippen LogP contribution in [0.3, 0.4) is 0 Å². The summed E-state index contributed by atoms with van der Waals surface area (Å²) in [6.07, 6.45) is 2.80. The molecule has 3 N–H and O–H groups in total. The standard InChI is InChI=1S/C22H23FN4O3/c23-17-3-1-2-16(12-17)22-25-18(13-29-22)14-30-26-21(24)15-4-6-19(7-5-15)27-10-8-20(28)9-11-27/h1-7,12-13,20,28H,8-11,14H2,(H2,24,26). The molecule has 0 aliphatic carbocycles. The molecular weight excluding hydrogens is 387 g/mol. The van der Waals surface area contributed by atoms with Crippen LogP contribution >= 0.6 is 0 Å². The molecule has 1 fully saturated rings. The van der Waals surface area contributed by atoms with Crippen LogP contribution in [0.2, 0.25) is 0 Å². The number of oxazole rings is 1. The van der Waals surface area contributed by atoms with Gasteiger partial charge in [-0.3, -0.25) is 0 Å².